The number of carbonyl (C=O) groups excluding carboxylic acids is 1. The van der Waals surface area contributed by atoms with Gasteiger partial charge in [-0.05, 0) is 49.4 Å². The molecule has 1 fully saturated rings. The molecule has 20 heavy (non-hydrogen) atoms. The number of fused-ring (bicyclic) bond motifs is 1. The van der Waals surface area contributed by atoms with Crippen molar-refractivity contribution in [3.63, 3.8) is 0 Å². The minimum absolute atomic E-state index is 0.00358. The highest BCUT2D eigenvalue weighted by Gasteiger charge is 2.22. The first-order valence-corrected chi connectivity index (χ1v) is 7.65. The number of hydrogen-bond acceptors (Lipinski definition) is 4. The Morgan fingerprint density at radius 3 is 3.10 bits per heavy atom. The van der Waals surface area contributed by atoms with Gasteiger partial charge >= 0.3 is 0 Å². The smallest absolute Gasteiger partial charge is 0.261 e. The highest BCUT2D eigenvalue weighted by molar-refractivity contribution is 7.20. The van der Waals surface area contributed by atoms with Crippen LogP contribution in [0.3, 0.4) is 0 Å². The van der Waals surface area contributed by atoms with Gasteiger partial charge < -0.3 is 15.8 Å². The van der Waals surface area contributed by atoms with Crippen molar-refractivity contribution in [2.45, 2.75) is 31.9 Å². The minimum atomic E-state index is 0.00358. The van der Waals surface area contributed by atoms with Crippen molar-refractivity contribution in [1.29, 1.82) is 0 Å². The van der Waals surface area contributed by atoms with Crippen LogP contribution in [0.25, 0.3) is 10.1 Å². The van der Waals surface area contributed by atoms with Gasteiger partial charge in [0.1, 0.15) is 0 Å². The SMILES string of the molecule is CC1CC(NC(=O)c2cc3cc(N)ccc3s2)CCO1. The molecule has 2 atom stereocenters. The van der Waals surface area contributed by atoms with Crippen molar-refractivity contribution in [3.8, 4) is 0 Å². The number of rotatable bonds is 2. The van der Waals surface area contributed by atoms with E-state index < -0.39 is 0 Å². The Labute approximate surface area is 121 Å². The topological polar surface area (TPSA) is 64.4 Å². The summed E-state index contributed by atoms with van der Waals surface area (Å²) in [5, 5.41) is 4.13. The highest BCUT2D eigenvalue weighted by atomic mass is 32.1. The molecule has 1 saturated heterocycles. The van der Waals surface area contributed by atoms with Crippen molar-refractivity contribution in [1.82, 2.24) is 5.32 Å². The summed E-state index contributed by atoms with van der Waals surface area (Å²) >= 11 is 1.50. The van der Waals surface area contributed by atoms with Gasteiger partial charge in [-0.2, -0.15) is 0 Å². The number of hydrogen-bond donors (Lipinski definition) is 2. The predicted molar refractivity (Wildman–Crippen MR) is 82.1 cm³/mol. The summed E-state index contributed by atoms with van der Waals surface area (Å²) in [6, 6.07) is 7.85. The van der Waals surface area contributed by atoms with Crippen LogP contribution in [-0.2, 0) is 4.74 Å². The number of nitrogen functional groups attached to an aromatic ring is 1. The van der Waals surface area contributed by atoms with Crippen molar-refractivity contribution in [3.05, 3.63) is 29.1 Å². The second-order valence-corrected chi connectivity index (χ2v) is 6.37. The first-order chi connectivity index (χ1) is 9.61. The van der Waals surface area contributed by atoms with Crippen LogP contribution in [0.1, 0.15) is 29.4 Å². The van der Waals surface area contributed by atoms with Crippen LogP contribution in [0.4, 0.5) is 5.69 Å². The summed E-state index contributed by atoms with van der Waals surface area (Å²) < 4.78 is 6.58. The fourth-order valence-corrected chi connectivity index (χ4v) is 3.51. The fourth-order valence-electron chi connectivity index (χ4n) is 2.56. The molecule has 1 aromatic carbocycles. The average Bonchev–Trinajstić information content (AvgIpc) is 2.81. The Morgan fingerprint density at radius 2 is 2.30 bits per heavy atom. The fraction of sp³-hybridized carbons (Fsp3) is 0.400. The lowest BCUT2D eigenvalue weighted by Gasteiger charge is -2.27. The van der Waals surface area contributed by atoms with Crippen LogP contribution in [-0.4, -0.2) is 24.7 Å². The van der Waals surface area contributed by atoms with Crippen molar-refractivity contribution >= 4 is 33.0 Å². The third kappa shape index (κ3) is 2.78. The molecule has 1 aliphatic heterocycles. The van der Waals surface area contributed by atoms with E-state index in [2.05, 4.69) is 5.32 Å². The molecule has 4 nitrogen and oxygen atoms in total. The number of amides is 1. The molecule has 1 amide bonds. The van der Waals surface area contributed by atoms with E-state index in [0.29, 0.717) is 0 Å². The number of nitrogens with one attached hydrogen (secondary N) is 1. The molecule has 2 heterocycles. The summed E-state index contributed by atoms with van der Waals surface area (Å²) in [4.78, 5) is 13.0. The lowest BCUT2D eigenvalue weighted by Crippen LogP contribution is -2.41. The average molecular weight is 290 g/mol. The summed E-state index contributed by atoms with van der Waals surface area (Å²) in [6.07, 6.45) is 1.98. The third-order valence-electron chi connectivity index (χ3n) is 3.58. The molecule has 1 aromatic heterocycles. The van der Waals surface area contributed by atoms with E-state index in [0.717, 1.165) is 40.1 Å². The molecule has 3 rings (SSSR count). The largest absolute Gasteiger partial charge is 0.399 e. The van der Waals surface area contributed by atoms with E-state index in [4.69, 9.17) is 10.5 Å². The summed E-state index contributed by atoms with van der Waals surface area (Å²) in [7, 11) is 0. The Hall–Kier alpha value is -1.59. The van der Waals surface area contributed by atoms with Gasteiger partial charge in [-0.15, -0.1) is 11.3 Å². The van der Waals surface area contributed by atoms with E-state index in [9.17, 15) is 4.79 Å². The van der Waals surface area contributed by atoms with E-state index in [1.54, 1.807) is 0 Å². The van der Waals surface area contributed by atoms with Crippen molar-refractivity contribution in [2.24, 2.45) is 0 Å². The Kier molecular flexibility index (Phi) is 3.63. The van der Waals surface area contributed by atoms with Gasteiger partial charge in [0.15, 0.2) is 0 Å². The van der Waals surface area contributed by atoms with Crippen LogP contribution >= 0.6 is 11.3 Å². The van der Waals surface area contributed by atoms with E-state index in [1.807, 2.05) is 31.2 Å². The minimum Gasteiger partial charge on any atom is -0.399 e. The maximum Gasteiger partial charge on any atom is 0.261 e. The molecule has 1 aliphatic rings. The first kappa shape index (κ1) is 13.4. The molecule has 0 bridgehead atoms. The van der Waals surface area contributed by atoms with Gasteiger partial charge in [0.2, 0.25) is 0 Å². The number of nitrogens with two attached hydrogens (primary N) is 1. The summed E-state index contributed by atoms with van der Waals surface area (Å²) in [6.45, 7) is 2.76. The molecule has 0 saturated carbocycles. The highest BCUT2D eigenvalue weighted by Crippen LogP contribution is 2.27. The van der Waals surface area contributed by atoms with Gasteiger partial charge in [0, 0.05) is 23.0 Å². The van der Waals surface area contributed by atoms with Crippen LogP contribution in [0.2, 0.25) is 0 Å². The molecule has 0 aliphatic carbocycles. The summed E-state index contributed by atoms with van der Waals surface area (Å²) in [5.74, 6) is 0.00358. The Morgan fingerprint density at radius 1 is 1.45 bits per heavy atom. The number of carbonyl (C=O) groups is 1. The third-order valence-corrected chi connectivity index (χ3v) is 4.70. The first-order valence-electron chi connectivity index (χ1n) is 6.83. The van der Waals surface area contributed by atoms with Gasteiger partial charge in [0.05, 0.1) is 11.0 Å². The Bertz CT molecular complexity index is 638. The molecule has 3 N–H and O–H groups in total. The van der Waals surface area contributed by atoms with Gasteiger partial charge in [-0.3, -0.25) is 4.79 Å². The lowest BCUT2D eigenvalue weighted by atomic mass is 10.0. The van der Waals surface area contributed by atoms with Gasteiger partial charge in [-0.1, -0.05) is 0 Å². The lowest BCUT2D eigenvalue weighted by molar-refractivity contribution is 0.0137. The maximum atomic E-state index is 12.3. The van der Waals surface area contributed by atoms with Crippen molar-refractivity contribution < 1.29 is 9.53 Å². The zero-order chi connectivity index (χ0) is 14.1. The monoisotopic (exact) mass is 290 g/mol. The van der Waals surface area contributed by atoms with Crippen LogP contribution in [0, 0.1) is 0 Å². The molecule has 5 heteroatoms. The molecule has 2 aromatic rings. The number of benzene rings is 1. The standard InChI is InChI=1S/C15H18N2O2S/c1-9-6-12(4-5-19-9)17-15(18)14-8-10-7-11(16)2-3-13(10)20-14/h2-3,7-9,12H,4-6,16H2,1H3,(H,17,18). The van der Waals surface area contributed by atoms with Gasteiger partial charge in [-0.25, -0.2) is 0 Å². The number of anilines is 1. The zero-order valence-corrected chi connectivity index (χ0v) is 12.2. The molecular weight excluding hydrogens is 272 g/mol. The molecule has 106 valence electrons. The van der Waals surface area contributed by atoms with Gasteiger partial charge in [0.25, 0.3) is 5.91 Å². The van der Waals surface area contributed by atoms with E-state index in [1.165, 1.54) is 11.3 Å². The molecule has 0 radical (unpaired) electrons. The summed E-state index contributed by atoms with van der Waals surface area (Å²) in [5.41, 5.74) is 6.49. The van der Waals surface area contributed by atoms with Crippen LogP contribution < -0.4 is 11.1 Å². The van der Waals surface area contributed by atoms with Crippen molar-refractivity contribution in [2.75, 3.05) is 12.3 Å². The normalized spacial score (nSPS) is 22.9. The quantitative estimate of drug-likeness (QED) is 0.836. The molecular formula is C15H18N2O2S. The second kappa shape index (κ2) is 5.42. The number of ether oxygens (including phenoxy) is 1. The molecule has 0 spiro atoms. The maximum absolute atomic E-state index is 12.3. The van der Waals surface area contributed by atoms with Crippen LogP contribution in [0.15, 0.2) is 24.3 Å². The van der Waals surface area contributed by atoms with E-state index >= 15 is 0 Å². The predicted octanol–water partition coefficient (Wildman–Crippen LogP) is 2.78. The van der Waals surface area contributed by atoms with Crippen LogP contribution in [0.5, 0.6) is 0 Å². The zero-order valence-electron chi connectivity index (χ0n) is 11.4. The Balaban J connectivity index is 1.75. The van der Waals surface area contributed by atoms with E-state index in [-0.39, 0.29) is 18.1 Å². The molecule has 2 unspecified atom stereocenters. The number of thiophene rings is 1. The second-order valence-electron chi connectivity index (χ2n) is 5.28.